The summed E-state index contributed by atoms with van der Waals surface area (Å²) in [4.78, 5) is 42.7. The van der Waals surface area contributed by atoms with Crippen molar-refractivity contribution in [3.63, 3.8) is 0 Å². The zero-order valence-electron chi connectivity index (χ0n) is 21.3. The van der Waals surface area contributed by atoms with Crippen molar-refractivity contribution in [3.05, 3.63) is 0 Å². The van der Waals surface area contributed by atoms with E-state index in [2.05, 4.69) is 17.6 Å². The lowest BCUT2D eigenvalue weighted by Crippen LogP contribution is -2.60. The number of aliphatic hydroxyl groups is 1. The fourth-order valence-corrected chi connectivity index (χ4v) is 6.54. The highest BCUT2D eigenvalue weighted by atomic mass is 16.5. The topological polar surface area (TPSA) is 108 Å². The van der Waals surface area contributed by atoms with Crippen LogP contribution in [0.5, 0.6) is 0 Å². The molecule has 1 spiro atoms. The molecule has 8 atom stereocenters. The number of amides is 3. The normalized spacial score (nSPS) is 36.8. The Morgan fingerprint density at radius 2 is 1.88 bits per heavy atom. The van der Waals surface area contributed by atoms with E-state index in [1.807, 2.05) is 41.5 Å². The molecule has 2 bridgehead atoms. The Labute approximate surface area is 198 Å². The standard InChI is InChI=1S/C25H43N3O5/c1-8-10-16(6)27-22(31)20-25-12-15(5)24(7,33-25)18(21(30)26-11-9-2)19(25)23(32)28(20)17(13-29)14(3)4/h14-20,29H,8-13H2,1-7H3,(H,26,30)(H,27,31)/t15?,16?,17-,18-,19-,20?,24+,25?/m0/s1. The van der Waals surface area contributed by atoms with Gasteiger partial charge in [0.25, 0.3) is 0 Å². The number of rotatable bonds is 10. The van der Waals surface area contributed by atoms with Crippen LogP contribution >= 0.6 is 0 Å². The molecule has 3 amide bonds. The first-order chi connectivity index (χ1) is 15.5. The average Bonchev–Trinajstić information content (AvgIpc) is 3.24. The number of hydrogen-bond donors (Lipinski definition) is 3. The van der Waals surface area contributed by atoms with Crippen molar-refractivity contribution >= 4 is 17.7 Å². The maximum Gasteiger partial charge on any atom is 0.246 e. The number of hydrogen-bond acceptors (Lipinski definition) is 5. The van der Waals surface area contributed by atoms with E-state index in [-0.39, 0.29) is 42.2 Å². The largest absolute Gasteiger partial charge is 0.394 e. The van der Waals surface area contributed by atoms with Gasteiger partial charge in [-0.3, -0.25) is 14.4 Å². The van der Waals surface area contributed by atoms with Gasteiger partial charge in [-0.15, -0.1) is 0 Å². The Morgan fingerprint density at radius 1 is 1.21 bits per heavy atom. The molecule has 0 aromatic carbocycles. The number of carbonyl (C=O) groups excluding carboxylic acids is 3. The lowest BCUT2D eigenvalue weighted by Gasteiger charge is -2.39. The third-order valence-corrected chi connectivity index (χ3v) is 8.26. The summed E-state index contributed by atoms with van der Waals surface area (Å²) in [6.07, 6.45) is 3.08. The van der Waals surface area contributed by atoms with Crippen molar-refractivity contribution in [2.24, 2.45) is 23.7 Å². The van der Waals surface area contributed by atoms with Crippen LogP contribution in [0.25, 0.3) is 0 Å². The van der Waals surface area contributed by atoms with Crippen LogP contribution in [0.1, 0.15) is 74.1 Å². The van der Waals surface area contributed by atoms with Gasteiger partial charge in [0.15, 0.2) is 0 Å². The Morgan fingerprint density at radius 3 is 2.42 bits per heavy atom. The first-order valence-electron chi connectivity index (χ1n) is 12.7. The minimum Gasteiger partial charge on any atom is -0.394 e. The molecule has 3 N–H and O–H groups in total. The highest BCUT2D eigenvalue weighted by Crippen LogP contribution is 2.65. The smallest absolute Gasteiger partial charge is 0.246 e. The monoisotopic (exact) mass is 465 g/mol. The summed E-state index contributed by atoms with van der Waals surface area (Å²) in [5, 5.41) is 16.3. The van der Waals surface area contributed by atoms with Crippen molar-refractivity contribution in [3.8, 4) is 0 Å². The minimum absolute atomic E-state index is 0.00821. The number of likely N-dealkylation sites (tertiary alicyclic amines) is 1. The van der Waals surface area contributed by atoms with Gasteiger partial charge in [0, 0.05) is 12.6 Å². The molecular weight excluding hydrogens is 422 g/mol. The summed E-state index contributed by atoms with van der Waals surface area (Å²) < 4.78 is 6.68. The van der Waals surface area contributed by atoms with Gasteiger partial charge < -0.3 is 25.4 Å². The van der Waals surface area contributed by atoms with Gasteiger partial charge in [0.2, 0.25) is 17.7 Å². The summed E-state index contributed by atoms with van der Waals surface area (Å²) in [7, 11) is 0. The molecule has 0 saturated carbocycles. The first-order valence-corrected chi connectivity index (χ1v) is 12.7. The predicted molar refractivity (Wildman–Crippen MR) is 125 cm³/mol. The molecule has 0 aromatic rings. The number of nitrogens with zero attached hydrogens (tertiary/aromatic N) is 1. The van der Waals surface area contributed by atoms with E-state index in [1.54, 1.807) is 4.90 Å². The van der Waals surface area contributed by atoms with E-state index in [4.69, 9.17) is 4.74 Å². The lowest BCUT2D eigenvalue weighted by atomic mass is 9.62. The average molecular weight is 466 g/mol. The van der Waals surface area contributed by atoms with Gasteiger partial charge >= 0.3 is 0 Å². The van der Waals surface area contributed by atoms with E-state index >= 15 is 0 Å². The van der Waals surface area contributed by atoms with Crippen LogP contribution in [0.15, 0.2) is 0 Å². The number of carbonyl (C=O) groups is 3. The molecule has 3 heterocycles. The Balaban J connectivity index is 2.09. The van der Waals surface area contributed by atoms with Crippen LogP contribution in [0, 0.1) is 23.7 Å². The quantitative estimate of drug-likeness (QED) is 0.456. The van der Waals surface area contributed by atoms with Gasteiger partial charge in [0.05, 0.1) is 30.1 Å². The summed E-state index contributed by atoms with van der Waals surface area (Å²) in [5.74, 6) is -2.14. The molecule has 0 aliphatic carbocycles. The van der Waals surface area contributed by atoms with Gasteiger partial charge in [-0.1, -0.05) is 41.0 Å². The summed E-state index contributed by atoms with van der Waals surface area (Å²) in [6.45, 7) is 14.1. The SMILES string of the molecule is CCCNC(=O)[C@@H]1[C@H]2C(=O)N([C@@H](CO)C(C)C)C(C(=O)NC(C)CCC)C23CC(C)[C@@]1(C)O3. The van der Waals surface area contributed by atoms with Crippen molar-refractivity contribution in [1.82, 2.24) is 15.5 Å². The molecule has 0 radical (unpaired) electrons. The van der Waals surface area contributed by atoms with E-state index in [0.717, 1.165) is 19.3 Å². The fourth-order valence-electron chi connectivity index (χ4n) is 6.54. The molecule has 3 aliphatic rings. The molecule has 0 aromatic heterocycles. The molecule has 3 rings (SSSR count). The highest BCUT2D eigenvalue weighted by Gasteiger charge is 2.80. The second-order valence-electron chi connectivity index (χ2n) is 10.9. The number of fused-ring (bicyclic) bond motifs is 1. The van der Waals surface area contributed by atoms with Gasteiger partial charge in [0.1, 0.15) is 11.6 Å². The van der Waals surface area contributed by atoms with Crippen LogP contribution in [0.4, 0.5) is 0 Å². The van der Waals surface area contributed by atoms with E-state index in [0.29, 0.717) is 13.0 Å². The maximum atomic E-state index is 14.0. The van der Waals surface area contributed by atoms with E-state index in [9.17, 15) is 19.5 Å². The molecule has 8 nitrogen and oxygen atoms in total. The number of aliphatic hydroxyl groups excluding tert-OH is 1. The molecule has 4 unspecified atom stereocenters. The predicted octanol–water partition coefficient (Wildman–Crippen LogP) is 1.85. The molecule has 3 aliphatic heterocycles. The van der Waals surface area contributed by atoms with Crippen molar-refractivity contribution in [1.29, 1.82) is 0 Å². The second kappa shape index (κ2) is 9.53. The molecule has 188 valence electrons. The number of ether oxygens (including phenoxy) is 1. The van der Waals surface area contributed by atoms with E-state index in [1.165, 1.54) is 0 Å². The highest BCUT2D eigenvalue weighted by molar-refractivity contribution is 5.99. The lowest BCUT2D eigenvalue weighted by molar-refractivity contribution is -0.152. The Hall–Kier alpha value is -1.67. The van der Waals surface area contributed by atoms with Crippen LogP contribution in [0.2, 0.25) is 0 Å². The van der Waals surface area contributed by atoms with Crippen molar-refractivity contribution in [2.45, 2.75) is 103 Å². The molecular formula is C25H43N3O5. The third-order valence-electron chi connectivity index (χ3n) is 8.26. The molecule has 8 heteroatoms. The second-order valence-corrected chi connectivity index (χ2v) is 10.9. The van der Waals surface area contributed by atoms with Gasteiger partial charge in [-0.05, 0) is 44.9 Å². The number of nitrogens with one attached hydrogen (secondary N) is 2. The summed E-state index contributed by atoms with van der Waals surface area (Å²) in [6, 6.07) is -1.45. The summed E-state index contributed by atoms with van der Waals surface area (Å²) >= 11 is 0. The fraction of sp³-hybridized carbons (Fsp3) is 0.880. The van der Waals surface area contributed by atoms with Crippen LogP contribution < -0.4 is 10.6 Å². The Bertz CT molecular complexity index is 773. The van der Waals surface area contributed by atoms with Crippen LogP contribution in [-0.2, 0) is 19.1 Å². The van der Waals surface area contributed by atoms with Crippen LogP contribution in [-0.4, -0.2) is 70.2 Å². The van der Waals surface area contributed by atoms with Gasteiger partial charge in [-0.25, -0.2) is 0 Å². The Kier molecular flexibility index (Phi) is 7.49. The minimum atomic E-state index is -1.07. The zero-order chi connectivity index (χ0) is 24.7. The molecule has 3 fully saturated rings. The summed E-state index contributed by atoms with van der Waals surface area (Å²) in [5.41, 5.74) is -1.89. The van der Waals surface area contributed by atoms with E-state index < -0.39 is 35.1 Å². The van der Waals surface area contributed by atoms with Crippen LogP contribution in [0.3, 0.4) is 0 Å². The zero-order valence-corrected chi connectivity index (χ0v) is 21.3. The van der Waals surface area contributed by atoms with Crippen molar-refractivity contribution in [2.75, 3.05) is 13.2 Å². The van der Waals surface area contributed by atoms with Crippen molar-refractivity contribution < 1.29 is 24.2 Å². The van der Waals surface area contributed by atoms with Gasteiger partial charge in [-0.2, -0.15) is 0 Å². The molecule has 3 saturated heterocycles. The molecule has 33 heavy (non-hydrogen) atoms. The maximum absolute atomic E-state index is 14.0. The first kappa shape index (κ1) is 25.9. The third kappa shape index (κ3) is 3.97.